The summed E-state index contributed by atoms with van der Waals surface area (Å²) in [6.07, 6.45) is 3.52. The number of rotatable bonds is 4. The molecule has 0 N–H and O–H groups in total. The van der Waals surface area contributed by atoms with Crippen LogP contribution < -0.4 is 4.74 Å². The van der Waals surface area contributed by atoms with Gasteiger partial charge in [0.1, 0.15) is 11.5 Å². The van der Waals surface area contributed by atoms with E-state index in [0.717, 1.165) is 11.1 Å². The summed E-state index contributed by atoms with van der Waals surface area (Å²) in [6, 6.07) is 3.49. The highest BCUT2D eigenvalue weighted by atomic mass is 35.5. The van der Waals surface area contributed by atoms with E-state index in [1.54, 1.807) is 29.1 Å². The molecule has 0 amide bonds. The largest absolute Gasteiger partial charge is 0.455 e. The highest BCUT2D eigenvalue weighted by Crippen LogP contribution is 2.30. The van der Waals surface area contributed by atoms with E-state index in [9.17, 15) is 4.79 Å². The van der Waals surface area contributed by atoms with Crippen molar-refractivity contribution in [2.24, 2.45) is 7.05 Å². The van der Waals surface area contributed by atoms with E-state index in [1.807, 2.05) is 14.0 Å². The van der Waals surface area contributed by atoms with Gasteiger partial charge in [-0.25, -0.2) is 4.98 Å². The fraction of sp³-hybridized carbons (Fsp3) is 0.250. The molecule has 3 aromatic rings. The predicted octanol–water partition coefficient (Wildman–Crippen LogP) is 3.25. The van der Waals surface area contributed by atoms with Gasteiger partial charge in [-0.2, -0.15) is 4.98 Å². The van der Waals surface area contributed by atoms with Gasteiger partial charge >= 0.3 is 0 Å². The molecule has 0 aliphatic rings. The maximum Gasteiger partial charge on any atom is 0.205 e. The minimum absolute atomic E-state index is 0.0541. The lowest BCUT2D eigenvalue weighted by molar-refractivity contribution is -0.116. The average Bonchev–Trinajstić information content (AvgIpc) is 2.78. The Bertz CT molecular complexity index is 904. The van der Waals surface area contributed by atoms with Gasteiger partial charge in [-0.15, -0.1) is 0 Å². The van der Waals surface area contributed by atoms with Crippen LogP contribution in [0.5, 0.6) is 11.5 Å². The molecule has 0 aliphatic carbocycles. The number of Topliss-reactive ketones (excluding diaryl/α,β-unsaturated/α-hetero) is 1. The van der Waals surface area contributed by atoms with Crippen LogP contribution in [-0.2, 0) is 18.3 Å². The Labute approximate surface area is 138 Å². The molecule has 3 rings (SSSR count). The van der Waals surface area contributed by atoms with Gasteiger partial charge < -0.3 is 9.30 Å². The zero-order chi connectivity index (χ0) is 16.6. The highest BCUT2D eigenvalue weighted by Gasteiger charge is 2.14. The Kier molecular flexibility index (Phi) is 4.00. The SMILES string of the molecule is CC(=O)Cc1cc(Oc2cnc3nc(Cl)n(C)c3c2C)ccn1. The van der Waals surface area contributed by atoms with Crippen LogP contribution in [0.4, 0.5) is 0 Å². The molecule has 6 nitrogen and oxygen atoms in total. The number of aryl methyl sites for hydroxylation is 2. The van der Waals surface area contributed by atoms with Crippen molar-refractivity contribution < 1.29 is 9.53 Å². The van der Waals surface area contributed by atoms with E-state index < -0.39 is 0 Å². The lowest BCUT2D eigenvalue weighted by Gasteiger charge is -2.10. The number of carbonyl (C=O) groups excluding carboxylic acids is 1. The van der Waals surface area contributed by atoms with Crippen LogP contribution in [0.3, 0.4) is 0 Å². The predicted molar refractivity (Wildman–Crippen MR) is 87.0 cm³/mol. The summed E-state index contributed by atoms with van der Waals surface area (Å²) in [4.78, 5) is 23.8. The van der Waals surface area contributed by atoms with Gasteiger partial charge in [-0.05, 0) is 31.5 Å². The van der Waals surface area contributed by atoms with Crippen molar-refractivity contribution in [2.75, 3.05) is 0 Å². The number of hydrogen-bond acceptors (Lipinski definition) is 5. The molecule has 0 unspecified atom stereocenters. The van der Waals surface area contributed by atoms with Gasteiger partial charge in [-0.1, -0.05) is 0 Å². The van der Waals surface area contributed by atoms with E-state index >= 15 is 0 Å². The number of hydrogen-bond donors (Lipinski definition) is 0. The number of nitrogens with zero attached hydrogens (tertiary/aromatic N) is 4. The number of ketones is 1. The Hall–Kier alpha value is -2.47. The fourth-order valence-corrected chi connectivity index (χ4v) is 2.57. The molecule has 0 radical (unpaired) electrons. The zero-order valence-corrected chi connectivity index (χ0v) is 13.8. The average molecular weight is 331 g/mol. The topological polar surface area (TPSA) is 69.9 Å². The summed E-state index contributed by atoms with van der Waals surface area (Å²) < 4.78 is 7.67. The second kappa shape index (κ2) is 5.96. The monoisotopic (exact) mass is 330 g/mol. The zero-order valence-electron chi connectivity index (χ0n) is 13.0. The van der Waals surface area contributed by atoms with Gasteiger partial charge in [0.05, 0.1) is 17.4 Å². The summed E-state index contributed by atoms with van der Waals surface area (Å²) in [6.45, 7) is 3.46. The molecule has 0 fully saturated rings. The number of aromatic nitrogens is 4. The van der Waals surface area contributed by atoms with Crippen LogP contribution >= 0.6 is 11.6 Å². The van der Waals surface area contributed by atoms with E-state index in [1.165, 1.54) is 6.92 Å². The van der Waals surface area contributed by atoms with Crippen LogP contribution in [0.1, 0.15) is 18.2 Å². The molecule has 0 saturated carbocycles. The maximum absolute atomic E-state index is 11.2. The molecular weight excluding hydrogens is 316 g/mol. The van der Waals surface area contributed by atoms with Gasteiger partial charge in [-0.3, -0.25) is 9.78 Å². The minimum Gasteiger partial charge on any atom is -0.455 e. The van der Waals surface area contributed by atoms with Crippen LogP contribution in [0.25, 0.3) is 11.2 Å². The number of carbonyl (C=O) groups is 1. The second-order valence-electron chi connectivity index (χ2n) is 5.32. The maximum atomic E-state index is 11.2. The lowest BCUT2D eigenvalue weighted by atomic mass is 10.2. The number of halogens is 1. The molecule has 0 aromatic carbocycles. The first-order valence-electron chi connectivity index (χ1n) is 7.05. The van der Waals surface area contributed by atoms with Gasteiger partial charge in [0, 0.05) is 31.3 Å². The Balaban J connectivity index is 1.97. The molecule has 0 spiro atoms. The first kappa shape index (κ1) is 15.4. The van der Waals surface area contributed by atoms with Gasteiger partial charge in [0.2, 0.25) is 5.28 Å². The normalized spacial score (nSPS) is 11.0. The van der Waals surface area contributed by atoms with Crippen molar-refractivity contribution in [3.05, 3.63) is 41.1 Å². The summed E-state index contributed by atoms with van der Waals surface area (Å²) >= 11 is 6.04. The molecular formula is C16H15ClN4O2. The van der Waals surface area contributed by atoms with Crippen LogP contribution in [0.15, 0.2) is 24.5 Å². The summed E-state index contributed by atoms with van der Waals surface area (Å²) in [5, 5.41) is 0.375. The van der Waals surface area contributed by atoms with E-state index in [2.05, 4.69) is 15.0 Å². The summed E-state index contributed by atoms with van der Waals surface area (Å²) in [7, 11) is 1.83. The molecule has 0 saturated heterocycles. The Morgan fingerprint density at radius 2 is 2.17 bits per heavy atom. The summed E-state index contributed by atoms with van der Waals surface area (Å²) in [5.41, 5.74) is 2.96. The quantitative estimate of drug-likeness (QED) is 0.734. The number of ether oxygens (including phenoxy) is 1. The van der Waals surface area contributed by atoms with Crippen molar-refractivity contribution in [3.63, 3.8) is 0 Å². The first-order valence-corrected chi connectivity index (χ1v) is 7.43. The molecule has 0 atom stereocenters. The second-order valence-corrected chi connectivity index (χ2v) is 5.66. The molecule has 3 heterocycles. The fourth-order valence-electron chi connectivity index (χ4n) is 2.40. The van der Waals surface area contributed by atoms with Crippen molar-refractivity contribution in [2.45, 2.75) is 20.3 Å². The third-order valence-corrected chi connectivity index (χ3v) is 3.84. The highest BCUT2D eigenvalue weighted by molar-refractivity contribution is 6.29. The molecule has 0 aliphatic heterocycles. The third kappa shape index (κ3) is 3.03. The van der Waals surface area contributed by atoms with Crippen LogP contribution in [0.2, 0.25) is 5.28 Å². The number of pyridine rings is 2. The van der Waals surface area contributed by atoms with Crippen LogP contribution in [0, 0.1) is 6.92 Å². The Morgan fingerprint density at radius 1 is 1.39 bits per heavy atom. The van der Waals surface area contributed by atoms with Crippen molar-refractivity contribution >= 4 is 28.5 Å². The first-order chi connectivity index (χ1) is 11.0. The van der Waals surface area contributed by atoms with Crippen molar-refractivity contribution in [1.29, 1.82) is 0 Å². The van der Waals surface area contributed by atoms with Crippen LogP contribution in [-0.4, -0.2) is 25.3 Å². The van der Waals surface area contributed by atoms with Gasteiger partial charge in [0.15, 0.2) is 11.4 Å². The third-order valence-electron chi connectivity index (χ3n) is 3.50. The molecule has 7 heteroatoms. The standard InChI is InChI=1S/C16H15ClN4O2/c1-9(22)6-11-7-12(4-5-18-11)23-13-8-19-15-14(10(13)2)21(3)16(17)20-15/h4-5,7-8H,6H2,1-3H3. The smallest absolute Gasteiger partial charge is 0.205 e. The lowest BCUT2D eigenvalue weighted by Crippen LogP contribution is -1.99. The van der Waals surface area contributed by atoms with E-state index in [0.29, 0.717) is 28.1 Å². The molecule has 0 bridgehead atoms. The molecule has 23 heavy (non-hydrogen) atoms. The number of imidazole rings is 1. The van der Waals surface area contributed by atoms with Crippen molar-refractivity contribution in [1.82, 2.24) is 19.5 Å². The minimum atomic E-state index is 0.0541. The Morgan fingerprint density at radius 3 is 2.91 bits per heavy atom. The number of fused-ring (bicyclic) bond motifs is 1. The summed E-state index contributed by atoms with van der Waals surface area (Å²) in [5.74, 6) is 1.27. The van der Waals surface area contributed by atoms with Crippen molar-refractivity contribution in [3.8, 4) is 11.5 Å². The van der Waals surface area contributed by atoms with E-state index in [-0.39, 0.29) is 12.2 Å². The molecule has 118 valence electrons. The molecule has 3 aromatic heterocycles. The van der Waals surface area contributed by atoms with E-state index in [4.69, 9.17) is 16.3 Å². The van der Waals surface area contributed by atoms with Gasteiger partial charge in [0.25, 0.3) is 0 Å².